The van der Waals surface area contributed by atoms with Gasteiger partial charge in [0.15, 0.2) is 0 Å². The Morgan fingerprint density at radius 2 is 1.71 bits per heavy atom. The Kier molecular flexibility index (Phi) is 6.51. The molecule has 2 amide bonds. The number of aromatic nitrogens is 1. The zero-order valence-corrected chi connectivity index (χ0v) is 18.4. The Labute approximate surface area is 184 Å². The molecule has 2 saturated heterocycles. The highest BCUT2D eigenvalue weighted by molar-refractivity contribution is 5.94. The summed E-state index contributed by atoms with van der Waals surface area (Å²) in [5.74, 6) is 0.985. The Morgan fingerprint density at radius 3 is 2.39 bits per heavy atom. The van der Waals surface area contributed by atoms with E-state index in [0.717, 1.165) is 69.2 Å². The first-order valence-corrected chi connectivity index (χ1v) is 11.1. The molecular formula is C24H31N5O2. The molecule has 2 fully saturated rings. The summed E-state index contributed by atoms with van der Waals surface area (Å²) in [7, 11) is 0. The maximum absolute atomic E-state index is 12.5. The number of hydrogen-bond donors (Lipinski definition) is 1. The molecule has 2 aromatic rings. The first-order valence-electron chi connectivity index (χ1n) is 11.1. The van der Waals surface area contributed by atoms with Crippen LogP contribution in [0.25, 0.3) is 0 Å². The van der Waals surface area contributed by atoms with E-state index in [-0.39, 0.29) is 11.8 Å². The fourth-order valence-electron chi connectivity index (χ4n) is 4.22. The van der Waals surface area contributed by atoms with Crippen molar-refractivity contribution in [1.29, 1.82) is 0 Å². The molecule has 0 aliphatic carbocycles. The monoisotopic (exact) mass is 421 g/mol. The number of hydrogen-bond acceptors (Lipinski definition) is 5. The van der Waals surface area contributed by atoms with Crippen molar-refractivity contribution >= 4 is 23.3 Å². The molecule has 4 rings (SSSR count). The summed E-state index contributed by atoms with van der Waals surface area (Å²) in [5, 5.41) is 3.04. The summed E-state index contributed by atoms with van der Waals surface area (Å²) in [6.07, 6.45) is 3.87. The summed E-state index contributed by atoms with van der Waals surface area (Å²) >= 11 is 0. The van der Waals surface area contributed by atoms with Crippen LogP contribution in [0, 0.1) is 13.8 Å². The Morgan fingerprint density at radius 1 is 0.968 bits per heavy atom. The third-order valence-corrected chi connectivity index (χ3v) is 6.33. The SMILES string of the molecule is Cc1cccc(NC(=O)CN2CCN(c3ccc(C(=O)N4CCCC4)cn3)CC2)c1C. The molecule has 3 heterocycles. The van der Waals surface area contributed by atoms with Crippen molar-refractivity contribution in [3.8, 4) is 0 Å². The number of rotatable bonds is 5. The van der Waals surface area contributed by atoms with E-state index >= 15 is 0 Å². The molecule has 7 heteroatoms. The first-order chi connectivity index (χ1) is 15.0. The summed E-state index contributed by atoms with van der Waals surface area (Å²) in [6, 6.07) is 9.78. The summed E-state index contributed by atoms with van der Waals surface area (Å²) in [6.45, 7) is 9.38. The van der Waals surface area contributed by atoms with Crippen LogP contribution in [0.3, 0.4) is 0 Å². The molecule has 0 bridgehead atoms. The van der Waals surface area contributed by atoms with Crippen molar-refractivity contribution < 1.29 is 9.59 Å². The van der Waals surface area contributed by atoms with Gasteiger partial charge in [0.2, 0.25) is 5.91 Å². The van der Waals surface area contributed by atoms with Gasteiger partial charge in [-0.1, -0.05) is 12.1 Å². The maximum atomic E-state index is 12.5. The largest absolute Gasteiger partial charge is 0.354 e. The number of aryl methyl sites for hydroxylation is 1. The van der Waals surface area contributed by atoms with Gasteiger partial charge in [0, 0.05) is 51.2 Å². The third-order valence-electron chi connectivity index (χ3n) is 6.33. The molecule has 0 unspecified atom stereocenters. The number of nitrogens with one attached hydrogen (secondary N) is 1. The van der Waals surface area contributed by atoms with Crippen molar-refractivity contribution in [1.82, 2.24) is 14.8 Å². The topological polar surface area (TPSA) is 68.8 Å². The van der Waals surface area contributed by atoms with Crippen LogP contribution in [0.1, 0.15) is 34.3 Å². The molecule has 0 spiro atoms. The van der Waals surface area contributed by atoms with Gasteiger partial charge in [0.1, 0.15) is 5.82 Å². The highest BCUT2D eigenvalue weighted by Crippen LogP contribution is 2.19. The minimum absolute atomic E-state index is 0.0186. The van der Waals surface area contributed by atoms with Gasteiger partial charge >= 0.3 is 0 Å². The highest BCUT2D eigenvalue weighted by Gasteiger charge is 2.22. The number of likely N-dealkylation sites (tertiary alicyclic amines) is 1. The molecule has 0 radical (unpaired) electrons. The van der Waals surface area contributed by atoms with E-state index in [1.807, 2.05) is 49.1 Å². The lowest BCUT2D eigenvalue weighted by molar-refractivity contribution is -0.117. The van der Waals surface area contributed by atoms with E-state index in [2.05, 4.69) is 20.1 Å². The lowest BCUT2D eigenvalue weighted by Crippen LogP contribution is -2.49. The lowest BCUT2D eigenvalue weighted by Gasteiger charge is -2.35. The molecule has 1 aromatic carbocycles. The van der Waals surface area contributed by atoms with Crippen molar-refractivity contribution in [3.63, 3.8) is 0 Å². The normalized spacial score (nSPS) is 17.1. The van der Waals surface area contributed by atoms with E-state index in [4.69, 9.17) is 0 Å². The highest BCUT2D eigenvalue weighted by atomic mass is 16.2. The molecular weight excluding hydrogens is 390 g/mol. The van der Waals surface area contributed by atoms with Gasteiger partial charge in [0.05, 0.1) is 12.1 Å². The molecule has 1 N–H and O–H groups in total. The van der Waals surface area contributed by atoms with Crippen molar-refractivity contribution in [3.05, 3.63) is 53.2 Å². The first kappa shape index (κ1) is 21.3. The zero-order chi connectivity index (χ0) is 21.8. The standard InChI is InChI=1S/C24H31N5O2/c1-18-6-5-7-21(19(18)2)26-23(30)17-27-12-14-28(15-13-27)22-9-8-20(16-25-22)24(31)29-10-3-4-11-29/h5-9,16H,3-4,10-15,17H2,1-2H3,(H,26,30). The molecule has 31 heavy (non-hydrogen) atoms. The second-order valence-corrected chi connectivity index (χ2v) is 8.46. The lowest BCUT2D eigenvalue weighted by atomic mass is 10.1. The van der Waals surface area contributed by atoms with Crippen LogP contribution in [-0.2, 0) is 4.79 Å². The minimum Gasteiger partial charge on any atom is -0.354 e. The van der Waals surface area contributed by atoms with E-state index in [1.165, 1.54) is 5.56 Å². The Balaban J connectivity index is 1.27. The number of pyridine rings is 1. The second-order valence-electron chi connectivity index (χ2n) is 8.46. The number of amides is 2. The molecule has 2 aliphatic heterocycles. The Hall–Kier alpha value is -2.93. The smallest absolute Gasteiger partial charge is 0.255 e. The minimum atomic E-state index is 0.0186. The van der Waals surface area contributed by atoms with Crippen LogP contribution >= 0.6 is 0 Å². The van der Waals surface area contributed by atoms with Crippen molar-refractivity contribution in [2.24, 2.45) is 0 Å². The average molecular weight is 422 g/mol. The molecule has 2 aliphatic rings. The van der Waals surface area contributed by atoms with Crippen LogP contribution < -0.4 is 10.2 Å². The number of nitrogens with zero attached hydrogens (tertiary/aromatic N) is 4. The van der Waals surface area contributed by atoms with E-state index in [9.17, 15) is 9.59 Å². The predicted octanol–water partition coefficient (Wildman–Crippen LogP) is 2.70. The fraction of sp³-hybridized carbons (Fsp3) is 0.458. The number of carbonyl (C=O) groups is 2. The van der Waals surface area contributed by atoms with Crippen LogP contribution in [0.2, 0.25) is 0 Å². The van der Waals surface area contributed by atoms with Gasteiger partial charge in [-0.05, 0) is 56.0 Å². The van der Waals surface area contributed by atoms with E-state index < -0.39 is 0 Å². The van der Waals surface area contributed by atoms with Crippen LogP contribution in [-0.4, -0.2) is 72.4 Å². The average Bonchev–Trinajstić information content (AvgIpc) is 3.32. The summed E-state index contributed by atoms with van der Waals surface area (Å²) in [5.41, 5.74) is 3.83. The molecule has 0 atom stereocenters. The van der Waals surface area contributed by atoms with Gasteiger partial charge in [-0.3, -0.25) is 14.5 Å². The van der Waals surface area contributed by atoms with Crippen LogP contribution in [0.5, 0.6) is 0 Å². The van der Waals surface area contributed by atoms with Gasteiger partial charge in [-0.25, -0.2) is 4.98 Å². The third kappa shape index (κ3) is 5.05. The van der Waals surface area contributed by atoms with Crippen LogP contribution in [0.4, 0.5) is 11.5 Å². The predicted molar refractivity (Wildman–Crippen MR) is 123 cm³/mol. The quantitative estimate of drug-likeness (QED) is 0.804. The second kappa shape index (κ2) is 9.47. The zero-order valence-electron chi connectivity index (χ0n) is 18.4. The van der Waals surface area contributed by atoms with Gasteiger partial charge in [0.25, 0.3) is 5.91 Å². The van der Waals surface area contributed by atoms with Crippen molar-refractivity contribution in [2.45, 2.75) is 26.7 Å². The molecule has 0 saturated carbocycles. The van der Waals surface area contributed by atoms with Gasteiger partial charge in [-0.2, -0.15) is 0 Å². The fourth-order valence-corrected chi connectivity index (χ4v) is 4.22. The number of piperazine rings is 1. The van der Waals surface area contributed by atoms with E-state index in [1.54, 1.807) is 6.20 Å². The number of anilines is 2. The van der Waals surface area contributed by atoms with Gasteiger partial charge < -0.3 is 15.1 Å². The van der Waals surface area contributed by atoms with Gasteiger partial charge in [-0.15, -0.1) is 0 Å². The van der Waals surface area contributed by atoms with Crippen molar-refractivity contribution in [2.75, 3.05) is 56.0 Å². The summed E-state index contributed by atoms with van der Waals surface area (Å²) < 4.78 is 0. The maximum Gasteiger partial charge on any atom is 0.255 e. The molecule has 7 nitrogen and oxygen atoms in total. The molecule has 164 valence electrons. The summed E-state index contributed by atoms with van der Waals surface area (Å²) in [4.78, 5) is 35.8. The van der Waals surface area contributed by atoms with Crippen LogP contribution in [0.15, 0.2) is 36.5 Å². The number of carbonyl (C=O) groups excluding carboxylic acids is 2. The number of benzene rings is 1. The van der Waals surface area contributed by atoms with E-state index in [0.29, 0.717) is 12.1 Å². The Bertz CT molecular complexity index is 929. The molecule has 1 aromatic heterocycles.